The number of hydrogen-bond donors (Lipinski definition) is 1. The Morgan fingerprint density at radius 1 is 1.30 bits per heavy atom. The van der Waals surface area contributed by atoms with Crippen LogP contribution in [0.15, 0.2) is 51.0 Å². The maximum absolute atomic E-state index is 11.8. The molecule has 0 fully saturated rings. The van der Waals surface area contributed by atoms with Crippen LogP contribution in [0, 0.1) is 0 Å². The lowest BCUT2D eigenvalue weighted by Gasteiger charge is -2.11. The molecule has 1 N–H and O–H groups in total. The number of amides is 1. The van der Waals surface area contributed by atoms with E-state index in [-0.39, 0.29) is 12.4 Å². The molecule has 1 aromatic heterocycles. The topological polar surface area (TPSA) is 103 Å². The molecule has 0 bridgehead atoms. The monoisotopic (exact) mass is 335 g/mol. The average Bonchev–Trinajstić information content (AvgIpc) is 2.83. The molecular weight excluding hydrogens is 322 g/mol. The van der Waals surface area contributed by atoms with Gasteiger partial charge in [-0.3, -0.25) is 4.79 Å². The lowest BCUT2D eigenvalue weighted by Crippen LogP contribution is -2.38. The highest BCUT2D eigenvalue weighted by atomic mass is 32.2. The molecule has 2 heterocycles. The van der Waals surface area contributed by atoms with E-state index in [4.69, 9.17) is 9.15 Å². The molecule has 0 aliphatic carbocycles. The van der Waals surface area contributed by atoms with Crippen molar-refractivity contribution in [1.29, 1.82) is 0 Å². The second kappa shape index (κ2) is 5.88. The van der Waals surface area contributed by atoms with Crippen molar-refractivity contribution in [3.8, 4) is 5.75 Å². The van der Waals surface area contributed by atoms with Crippen LogP contribution < -0.4 is 15.7 Å². The minimum absolute atomic E-state index is 0.139. The van der Waals surface area contributed by atoms with Gasteiger partial charge in [0, 0.05) is 22.9 Å². The normalized spacial score (nSPS) is 18.9. The summed E-state index contributed by atoms with van der Waals surface area (Å²) in [5, 5.41) is 4.37. The number of fused-ring (bicyclic) bond motifs is 1. The first kappa shape index (κ1) is 15.3. The summed E-state index contributed by atoms with van der Waals surface area (Å²) in [5.41, 5.74) is -0.109. The zero-order valence-corrected chi connectivity index (χ0v) is 12.7. The van der Waals surface area contributed by atoms with E-state index in [9.17, 15) is 18.0 Å². The highest BCUT2D eigenvalue weighted by Crippen LogP contribution is 2.19. The van der Waals surface area contributed by atoms with Crippen molar-refractivity contribution in [2.24, 2.45) is 0 Å². The summed E-state index contributed by atoms with van der Waals surface area (Å²) >= 11 is 0. The van der Waals surface area contributed by atoms with Gasteiger partial charge in [0.15, 0.2) is 16.4 Å². The first-order chi connectivity index (χ1) is 10.9. The SMILES string of the molecule is O=C(COc1ccc2ccc(=O)oc2c1)N[C@@H]1C=CS(=O)(=O)C1. The van der Waals surface area contributed by atoms with E-state index in [1.807, 2.05) is 0 Å². The Morgan fingerprint density at radius 2 is 2.09 bits per heavy atom. The van der Waals surface area contributed by atoms with Gasteiger partial charge < -0.3 is 14.5 Å². The van der Waals surface area contributed by atoms with E-state index >= 15 is 0 Å². The summed E-state index contributed by atoms with van der Waals surface area (Å²) in [6.45, 7) is -0.271. The number of hydrogen-bond acceptors (Lipinski definition) is 6. The lowest BCUT2D eigenvalue weighted by atomic mass is 10.2. The van der Waals surface area contributed by atoms with Gasteiger partial charge in [0.05, 0.1) is 11.8 Å². The van der Waals surface area contributed by atoms with E-state index in [1.54, 1.807) is 18.2 Å². The highest BCUT2D eigenvalue weighted by molar-refractivity contribution is 7.94. The summed E-state index contributed by atoms with van der Waals surface area (Å²) in [6, 6.07) is 7.28. The van der Waals surface area contributed by atoms with Gasteiger partial charge in [-0.25, -0.2) is 13.2 Å². The maximum Gasteiger partial charge on any atom is 0.336 e. The van der Waals surface area contributed by atoms with Crippen molar-refractivity contribution in [1.82, 2.24) is 5.32 Å². The molecule has 3 rings (SSSR count). The van der Waals surface area contributed by atoms with Crippen molar-refractivity contribution in [2.45, 2.75) is 6.04 Å². The van der Waals surface area contributed by atoms with Crippen LogP contribution in [0.4, 0.5) is 0 Å². The second-order valence-electron chi connectivity index (χ2n) is 5.07. The van der Waals surface area contributed by atoms with E-state index < -0.39 is 27.4 Å². The molecule has 1 aliphatic heterocycles. The van der Waals surface area contributed by atoms with Gasteiger partial charge in [0.2, 0.25) is 0 Å². The Balaban J connectivity index is 1.61. The van der Waals surface area contributed by atoms with Gasteiger partial charge in [-0.05, 0) is 24.3 Å². The number of rotatable bonds is 4. The Bertz CT molecular complexity index is 944. The summed E-state index contributed by atoms with van der Waals surface area (Å²) in [7, 11) is -3.21. The van der Waals surface area contributed by atoms with Crippen molar-refractivity contribution in [2.75, 3.05) is 12.4 Å². The quantitative estimate of drug-likeness (QED) is 0.821. The number of nitrogens with one attached hydrogen (secondary N) is 1. The lowest BCUT2D eigenvalue weighted by molar-refractivity contribution is -0.123. The van der Waals surface area contributed by atoms with E-state index in [2.05, 4.69) is 5.32 Å². The van der Waals surface area contributed by atoms with Gasteiger partial charge >= 0.3 is 5.63 Å². The molecule has 23 heavy (non-hydrogen) atoms. The summed E-state index contributed by atoms with van der Waals surface area (Å²) < 4.78 is 32.9. The Morgan fingerprint density at radius 3 is 2.83 bits per heavy atom. The van der Waals surface area contributed by atoms with Crippen LogP contribution >= 0.6 is 0 Å². The fourth-order valence-electron chi connectivity index (χ4n) is 2.19. The van der Waals surface area contributed by atoms with E-state index in [0.717, 1.165) is 10.8 Å². The minimum atomic E-state index is -3.21. The van der Waals surface area contributed by atoms with Gasteiger partial charge in [-0.1, -0.05) is 0 Å². The molecule has 1 atom stereocenters. The van der Waals surface area contributed by atoms with Gasteiger partial charge in [-0.2, -0.15) is 0 Å². The number of benzene rings is 1. The molecule has 1 amide bonds. The summed E-state index contributed by atoms with van der Waals surface area (Å²) in [6.07, 6.45) is 1.43. The van der Waals surface area contributed by atoms with Crippen LogP contribution in [0.2, 0.25) is 0 Å². The predicted octanol–water partition coefficient (Wildman–Crippen LogP) is 0.599. The van der Waals surface area contributed by atoms with Crippen LogP contribution in [0.25, 0.3) is 11.0 Å². The Hall–Kier alpha value is -2.61. The maximum atomic E-state index is 11.8. The number of carbonyl (C=O) groups is 1. The average molecular weight is 335 g/mol. The van der Waals surface area contributed by atoms with Crippen molar-refractivity contribution >= 4 is 26.7 Å². The van der Waals surface area contributed by atoms with Gasteiger partial charge in [-0.15, -0.1) is 0 Å². The third kappa shape index (κ3) is 3.78. The molecular formula is C15H13NO6S. The third-order valence-electron chi connectivity index (χ3n) is 3.24. The fraction of sp³-hybridized carbons (Fsp3) is 0.200. The zero-order valence-electron chi connectivity index (χ0n) is 11.9. The largest absolute Gasteiger partial charge is 0.484 e. The smallest absolute Gasteiger partial charge is 0.336 e. The van der Waals surface area contributed by atoms with Gasteiger partial charge in [0.25, 0.3) is 5.91 Å². The molecule has 120 valence electrons. The second-order valence-corrected chi connectivity index (χ2v) is 7.01. The van der Waals surface area contributed by atoms with Crippen LogP contribution in [0.3, 0.4) is 0 Å². The van der Waals surface area contributed by atoms with Crippen molar-refractivity contribution < 1.29 is 22.4 Å². The van der Waals surface area contributed by atoms with Crippen LogP contribution in [0.5, 0.6) is 5.75 Å². The van der Waals surface area contributed by atoms with Crippen LogP contribution in [-0.2, 0) is 14.6 Å². The zero-order chi connectivity index (χ0) is 16.4. The van der Waals surface area contributed by atoms with Crippen molar-refractivity contribution in [3.63, 3.8) is 0 Å². The molecule has 1 aliphatic rings. The Labute approximate surface area is 131 Å². The van der Waals surface area contributed by atoms with E-state index in [1.165, 1.54) is 18.2 Å². The van der Waals surface area contributed by atoms with Crippen LogP contribution in [0.1, 0.15) is 0 Å². The standard InChI is InChI=1S/C15H13NO6S/c17-14(16-11-5-6-23(19,20)9-11)8-21-12-3-1-10-2-4-15(18)22-13(10)7-12/h1-7,11H,8-9H2,(H,16,17)/t11-/m1/s1. The molecule has 2 aromatic rings. The number of carbonyl (C=O) groups excluding carboxylic acids is 1. The molecule has 8 heteroatoms. The predicted molar refractivity (Wildman–Crippen MR) is 82.8 cm³/mol. The third-order valence-corrected chi connectivity index (χ3v) is 4.64. The van der Waals surface area contributed by atoms with E-state index in [0.29, 0.717) is 11.3 Å². The molecule has 0 saturated heterocycles. The molecule has 0 saturated carbocycles. The molecule has 7 nitrogen and oxygen atoms in total. The highest BCUT2D eigenvalue weighted by Gasteiger charge is 2.23. The molecule has 0 radical (unpaired) electrons. The number of ether oxygens (including phenoxy) is 1. The molecule has 0 spiro atoms. The molecule has 0 unspecified atom stereocenters. The first-order valence-corrected chi connectivity index (χ1v) is 8.50. The van der Waals surface area contributed by atoms with Crippen LogP contribution in [-0.4, -0.2) is 32.7 Å². The molecule has 1 aromatic carbocycles. The fourth-order valence-corrected chi connectivity index (χ4v) is 3.43. The first-order valence-electron chi connectivity index (χ1n) is 6.78. The Kier molecular flexibility index (Phi) is 3.91. The number of sulfone groups is 1. The van der Waals surface area contributed by atoms with Gasteiger partial charge in [0.1, 0.15) is 11.3 Å². The summed E-state index contributed by atoms with van der Waals surface area (Å²) in [5.74, 6) is -0.206. The minimum Gasteiger partial charge on any atom is -0.484 e. The van der Waals surface area contributed by atoms with Crippen molar-refractivity contribution in [3.05, 3.63) is 52.2 Å². The summed E-state index contributed by atoms with van der Waals surface area (Å²) in [4.78, 5) is 22.9.